The number of nitrogens with one attached hydrogen (secondary N) is 1. The number of rotatable bonds is 5. The lowest BCUT2D eigenvalue weighted by Crippen LogP contribution is -2.36. The second kappa shape index (κ2) is 6.58. The molecule has 0 spiro atoms. The lowest BCUT2D eigenvalue weighted by atomic mass is 10.1. The average molecular weight is 337 g/mol. The van der Waals surface area contributed by atoms with Crippen LogP contribution in [-0.2, 0) is 9.59 Å². The molecule has 0 aliphatic rings. The van der Waals surface area contributed by atoms with Gasteiger partial charge < -0.3 is 16.2 Å². The maximum Gasteiger partial charge on any atom is 0.303 e. The minimum Gasteiger partial charge on any atom is -0.481 e. The predicted octanol–water partition coefficient (Wildman–Crippen LogP) is 1.86. The third-order valence-electron chi connectivity index (χ3n) is 2.26. The summed E-state index contributed by atoms with van der Waals surface area (Å²) in [5.41, 5.74) is 4.80. The maximum absolute atomic E-state index is 13.4. The van der Waals surface area contributed by atoms with E-state index in [1.54, 1.807) is 0 Å². The second-order valence-corrected chi connectivity index (χ2v) is 4.69. The van der Waals surface area contributed by atoms with Crippen LogP contribution in [0.4, 0.5) is 14.5 Å². The van der Waals surface area contributed by atoms with Crippen molar-refractivity contribution in [3.8, 4) is 0 Å². The number of carboxylic acids is 1. The SMILES string of the molecule is NC(CCC(=O)O)C(=O)Nc1c(F)cc(Br)cc1F. The largest absolute Gasteiger partial charge is 0.481 e. The van der Waals surface area contributed by atoms with Crippen LogP contribution in [0, 0.1) is 11.6 Å². The number of carbonyl (C=O) groups excluding carboxylic acids is 1. The van der Waals surface area contributed by atoms with E-state index in [0.717, 1.165) is 12.1 Å². The number of nitrogens with two attached hydrogens (primary N) is 1. The first-order valence-corrected chi connectivity index (χ1v) is 6.03. The molecule has 0 fully saturated rings. The Morgan fingerprint density at radius 3 is 2.37 bits per heavy atom. The fraction of sp³-hybridized carbons (Fsp3) is 0.273. The van der Waals surface area contributed by atoms with Crippen LogP contribution < -0.4 is 11.1 Å². The van der Waals surface area contributed by atoms with Gasteiger partial charge in [-0.05, 0) is 18.6 Å². The number of benzene rings is 1. The zero-order valence-corrected chi connectivity index (χ0v) is 11.2. The third-order valence-corrected chi connectivity index (χ3v) is 2.72. The van der Waals surface area contributed by atoms with Crippen molar-refractivity contribution < 1.29 is 23.5 Å². The van der Waals surface area contributed by atoms with E-state index in [2.05, 4.69) is 15.9 Å². The van der Waals surface area contributed by atoms with Crippen LogP contribution in [0.3, 0.4) is 0 Å². The normalized spacial score (nSPS) is 12.0. The Balaban J connectivity index is 2.74. The highest BCUT2D eigenvalue weighted by Gasteiger charge is 2.19. The number of anilines is 1. The zero-order valence-electron chi connectivity index (χ0n) is 9.62. The summed E-state index contributed by atoms with van der Waals surface area (Å²) in [6.45, 7) is 0. The number of carbonyl (C=O) groups is 2. The first-order chi connectivity index (χ1) is 8.81. The van der Waals surface area contributed by atoms with E-state index in [1.165, 1.54) is 0 Å². The molecule has 0 aromatic heterocycles. The van der Waals surface area contributed by atoms with E-state index < -0.39 is 35.2 Å². The molecule has 0 aliphatic carbocycles. The molecule has 8 heteroatoms. The van der Waals surface area contributed by atoms with Crippen LogP contribution in [0.25, 0.3) is 0 Å². The molecule has 0 radical (unpaired) electrons. The van der Waals surface area contributed by atoms with Gasteiger partial charge in [0.1, 0.15) is 5.69 Å². The molecule has 0 saturated carbocycles. The van der Waals surface area contributed by atoms with Crippen molar-refractivity contribution in [3.05, 3.63) is 28.2 Å². The topological polar surface area (TPSA) is 92.4 Å². The molecule has 1 amide bonds. The fourth-order valence-corrected chi connectivity index (χ4v) is 1.69. The van der Waals surface area contributed by atoms with Crippen molar-refractivity contribution >= 4 is 33.5 Å². The predicted molar refractivity (Wildman–Crippen MR) is 67.5 cm³/mol. The van der Waals surface area contributed by atoms with Gasteiger partial charge in [-0.1, -0.05) is 15.9 Å². The van der Waals surface area contributed by atoms with E-state index in [0.29, 0.717) is 0 Å². The Kier molecular flexibility index (Phi) is 5.37. The standard InChI is InChI=1S/C11H11BrF2N2O3/c12-5-3-6(13)10(7(14)4-5)16-11(19)8(15)1-2-9(17)18/h3-4,8H,1-2,15H2,(H,16,19)(H,17,18). The van der Waals surface area contributed by atoms with Crippen LogP contribution in [0.15, 0.2) is 16.6 Å². The van der Waals surface area contributed by atoms with Gasteiger partial charge in [0.25, 0.3) is 0 Å². The molecule has 1 aromatic rings. The molecule has 0 saturated heterocycles. The molecule has 1 rings (SSSR count). The maximum atomic E-state index is 13.4. The quantitative estimate of drug-likeness (QED) is 0.765. The van der Waals surface area contributed by atoms with Crippen molar-refractivity contribution in [2.24, 2.45) is 5.73 Å². The summed E-state index contributed by atoms with van der Waals surface area (Å²) in [5, 5.41) is 10.4. The van der Waals surface area contributed by atoms with Gasteiger partial charge in [-0.15, -0.1) is 0 Å². The minimum atomic E-state index is -1.15. The van der Waals surface area contributed by atoms with Crippen molar-refractivity contribution in [1.82, 2.24) is 0 Å². The van der Waals surface area contributed by atoms with Crippen molar-refractivity contribution in [1.29, 1.82) is 0 Å². The van der Waals surface area contributed by atoms with Gasteiger partial charge in [0.05, 0.1) is 6.04 Å². The molecule has 1 aromatic carbocycles. The van der Waals surface area contributed by atoms with Crippen molar-refractivity contribution in [2.75, 3.05) is 5.32 Å². The smallest absolute Gasteiger partial charge is 0.303 e. The van der Waals surface area contributed by atoms with Crippen LogP contribution in [0.5, 0.6) is 0 Å². The van der Waals surface area contributed by atoms with Gasteiger partial charge in [0, 0.05) is 10.9 Å². The first kappa shape index (κ1) is 15.5. The van der Waals surface area contributed by atoms with E-state index in [4.69, 9.17) is 10.8 Å². The highest BCUT2D eigenvalue weighted by Crippen LogP contribution is 2.23. The summed E-state index contributed by atoms with van der Waals surface area (Å²) < 4.78 is 27.0. The Labute approximate surface area is 115 Å². The summed E-state index contributed by atoms with van der Waals surface area (Å²) in [4.78, 5) is 21.9. The molecular formula is C11H11BrF2N2O3. The van der Waals surface area contributed by atoms with Crippen LogP contribution in [0.2, 0.25) is 0 Å². The summed E-state index contributed by atoms with van der Waals surface area (Å²) in [7, 11) is 0. The summed E-state index contributed by atoms with van der Waals surface area (Å²) in [5.74, 6) is -3.86. The van der Waals surface area contributed by atoms with Crippen molar-refractivity contribution in [2.45, 2.75) is 18.9 Å². The highest BCUT2D eigenvalue weighted by molar-refractivity contribution is 9.10. The molecule has 1 unspecified atom stereocenters. The minimum absolute atomic E-state index is 0.124. The van der Waals surface area contributed by atoms with Gasteiger partial charge in [-0.2, -0.15) is 0 Å². The fourth-order valence-electron chi connectivity index (χ4n) is 1.29. The average Bonchev–Trinajstić information content (AvgIpc) is 2.30. The van der Waals surface area contributed by atoms with Gasteiger partial charge in [0.2, 0.25) is 5.91 Å². The molecule has 0 bridgehead atoms. The van der Waals surface area contributed by atoms with E-state index in [-0.39, 0.29) is 17.3 Å². The molecule has 0 heterocycles. The number of amides is 1. The van der Waals surface area contributed by atoms with Crippen LogP contribution in [-0.4, -0.2) is 23.0 Å². The molecule has 0 aliphatic heterocycles. The van der Waals surface area contributed by atoms with E-state index in [1.807, 2.05) is 5.32 Å². The lowest BCUT2D eigenvalue weighted by molar-refractivity contribution is -0.137. The molecule has 1 atom stereocenters. The molecular weight excluding hydrogens is 326 g/mol. The number of hydrogen-bond acceptors (Lipinski definition) is 3. The molecule has 5 nitrogen and oxygen atoms in total. The third kappa shape index (κ3) is 4.56. The highest BCUT2D eigenvalue weighted by atomic mass is 79.9. The molecule has 4 N–H and O–H groups in total. The summed E-state index contributed by atoms with van der Waals surface area (Å²) in [6.07, 6.45) is -0.430. The Morgan fingerprint density at radius 2 is 1.89 bits per heavy atom. The van der Waals surface area contributed by atoms with E-state index >= 15 is 0 Å². The van der Waals surface area contributed by atoms with Crippen LogP contribution >= 0.6 is 15.9 Å². The number of halogens is 3. The van der Waals surface area contributed by atoms with Gasteiger partial charge in [-0.3, -0.25) is 9.59 Å². The monoisotopic (exact) mass is 336 g/mol. The Morgan fingerprint density at radius 1 is 1.37 bits per heavy atom. The summed E-state index contributed by atoms with van der Waals surface area (Å²) >= 11 is 2.90. The number of carboxylic acid groups (broad SMARTS) is 1. The Bertz CT molecular complexity index is 488. The van der Waals surface area contributed by atoms with Gasteiger partial charge in [0.15, 0.2) is 11.6 Å². The number of hydrogen-bond donors (Lipinski definition) is 3. The first-order valence-electron chi connectivity index (χ1n) is 5.24. The van der Waals surface area contributed by atoms with E-state index in [9.17, 15) is 18.4 Å². The second-order valence-electron chi connectivity index (χ2n) is 3.77. The van der Waals surface area contributed by atoms with Gasteiger partial charge in [-0.25, -0.2) is 8.78 Å². The molecule has 19 heavy (non-hydrogen) atoms. The lowest BCUT2D eigenvalue weighted by Gasteiger charge is -2.12. The van der Waals surface area contributed by atoms with Crippen molar-refractivity contribution in [3.63, 3.8) is 0 Å². The molecule has 104 valence electrons. The van der Waals surface area contributed by atoms with Crippen LogP contribution in [0.1, 0.15) is 12.8 Å². The zero-order chi connectivity index (χ0) is 14.6. The summed E-state index contributed by atoms with van der Waals surface area (Å²) in [6, 6.07) is 0.821. The van der Waals surface area contributed by atoms with Gasteiger partial charge >= 0.3 is 5.97 Å². The Hall–Kier alpha value is -1.54. The number of aliphatic carboxylic acids is 1.